The first kappa shape index (κ1) is 59.9. The molecule has 0 rings (SSSR count). The maximum atomic E-state index is 12.8. The lowest BCUT2D eigenvalue weighted by atomic mass is 10.0. The van der Waals surface area contributed by atoms with Crippen LogP contribution >= 0.6 is 0 Å². The summed E-state index contributed by atoms with van der Waals surface area (Å²) in [7, 11) is 0. The standard InChI is InChI=1S/C56H104O6/c1-4-7-10-13-16-19-22-25-28-29-32-34-37-40-43-46-49-55(58)61-52-53(62-56(59)50-47-44-41-38-35-31-27-24-21-18-15-12-9-6-3)51-60-54(57)48-45-42-39-36-33-30-26-23-20-17-14-11-8-5-2/h23-24,26-27,53H,4-22,25,28-52H2,1-3H3/b26-23+,27-24+/t53-/m1/s1. The van der Waals surface area contributed by atoms with E-state index in [0.717, 1.165) is 70.6 Å². The molecule has 0 aromatic heterocycles. The molecule has 6 heteroatoms. The fourth-order valence-corrected chi connectivity index (χ4v) is 8.02. The zero-order valence-corrected chi connectivity index (χ0v) is 41.7. The van der Waals surface area contributed by atoms with Crippen LogP contribution in [0.4, 0.5) is 0 Å². The van der Waals surface area contributed by atoms with Crippen LogP contribution in [-0.4, -0.2) is 37.2 Å². The number of carbonyl (C=O) groups is 3. The molecule has 0 aliphatic carbocycles. The molecule has 0 aliphatic heterocycles. The van der Waals surface area contributed by atoms with E-state index in [1.54, 1.807) is 0 Å². The molecule has 0 spiro atoms. The quantitative estimate of drug-likeness (QED) is 0.0262. The lowest BCUT2D eigenvalue weighted by Gasteiger charge is -2.18. The van der Waals surface area contributed by atoms with Gasteiger partial charge in [-0.15, -0.1) is 0 Å². The minimum absolute atomic E-state index is 0.0731. The summed E-state index contributed by atoms with van der Waals surface area (Å²) in [5.41, 5.74) is 0. The minimum Gasteiger partial charge on any atom is -0.462 e. The van der Waals surface area contributed by atoms with E-state index in [4.69, 9.17) is 14.2 Å². The van der Waals surface area contributed by atoms with Crippen LogP contribution in [0.1, 0.15) is 297 Å². The molecular formula is C56H104O6. The molecule has 0 radical (unpaired) electrons. The Bertz CT molecular complexity index is 1000. The average molecular weight is 873 g/mol. The highest BCUT2D eigenvalue weighted by atomic mass is 16.6. The fourth-order valence-electron chi connectivity index (χ4n) is 8.02. The molecule has 0 fully saturated rings. The van der Waals surface area contributed by atoms with Gasteiger partial charge in [0.2, 0.25) is 0 Å². The SMILES string of the molecule is CCCCCCC/C=C/CCCCCCCC(=O)OC[C@H](COC(=O)CCCCCCCCCCCCCCCCCC)OC(=O)CCCCCCC/C=C/CCCCCCC. The van der Waals surface area contributed by atoms with Gasteiger partial charge in [-0.05, 0) is 70.6 Å². The molecule has 0 amide bonds. The summed E-state index contributed by atoms with van der Waals surface area (Å²) in [6.45, 7) is 6.64. The molecule has 6 nitrogen and oxygen atoms in total. The van der Waals surface area contributed by atoms with Gasteiger partial charge in [-0.3, -0.25) is 14.4 Å². The fraction of sp³-hybridized carbons (Fsp3) is 0.875. The number of allylic oxidation sites excluding steroid dienone is 4. The van der Waals surface area contributed by atoms with Crippen molar-refractivity contribution in [1.29, 1.82) is 0 Å². The average Bonchev–Trinajstić information content (AvgIpc) is 3.27. The molecule has 62 heavy (non-hydrogen) atoms. The molecule has 364 valence electrons. The predicted molar refractivity (Wildman–Crippen MR) is 266 cm³/mol. The third-order valence-corrected chi connectivity index (χ3v) is 12.2. The van der Waals surface area contributed by atoms with Crippen LogP contribution in [0.2, 0.25) is 0 Å². The van der Waals surface area contributed by atoms with E-state index in [2.05, 4.69) is 45.1 Å². The second-order valence-electron chi connectivity index (χ2n) is 18.5. The number of hydrogen-bond acceptors (Lipinski definition) is 6. The van der Waals surface area contributed by atoms with E-state index >= 15 is 0 Å². The summed E-state index contributed by atoms with van der Waals surface area (Å²) in [6.07, 6.45) is 58.7. The molecule has 0 aromatic rings. The van der Waals surface area contributed by atoms with Crippen LogP contribution in [0.15, 0.2) is 24.3 Å². The van der Waals surface area contributed by atoms with Crippen molar-refractivity contribution in [2.24, 2.45) is 0 Å². The Hall–Kier alpha value is -2.11. The topological polar surface area (TPSA) is 78.9 Å². The molecule has 1 atom stereocenters. The molecular weight excluding hydrogens is 769 g/mol. The van der Waals surface area contributed by atoms with Gasteiger partial charge in [0.1, 0.15) is 13.2 Å². The number of ether oxygens (including phenoxy) is 3. The number of hydrogen-bond donors (Lipinski definition) is 0. The van der Waals surface area contributed by atoms with Crippen LogP contribution in [0.5, 0.6) is 0 Å². The van der Waals surface area contributed by atoms with Crippen molar-refractivity contribution in [2.75, 3.05) is 13.2 Å². The Balaban J connectivity index is 4.35. The van der Waals surface area contributed by atoms with Gasteiger partial charge in [-0.2, -0.15) is 0 Å². The Morgan fingerprint density at radius 3 is 0.806 bits per heavy atom. The lowest BCUT2D eigenvalue weighted by molar-refractivity contribution is -0.167. The second-order valence-corrected chi connectivity index (χ2v) is 18.5. The van der Waals surface area contributed by atoms with E-state index in [0.29, 0.717) is 19.3 Å². The highest BCUT2D eigenvalue weighted by molar-refractivity contribution is 5.71. The highest BCUT2D eigenvalue weighted by Gasteiger charge is 2.19. The summed E-state index contributed by atoms with van der Waals surface area (Å²) < 4.78 is 16.8. The van der Waals surface area contributed by atoms with Gasteiger partial charge in [0.05, 0.1) is 0 Å². The van der Waals surface area contributed by atoms with E-state index in [1.807, 2.05) is 0 Å². The Kier molecular flexibility index (Phi) is 49.8. The van der Waals surface area contributed by atoms with Crippen LogP contribution in [0.3, 0.4) is 0 Å². The first-order valence-electron chi connectivity index (χ1n) is 27.3. The van der Waals surface area contributed by atoms with Crippen LogP contribution in [-0.2, 0) is 28.6 Å². The van der Waals surface area contributed by atoms with Gasteiger partial charge in [0.25, 0.3) is 0 Å². The Morgan fingerprint density at radius 2 is 0.532 bits per heavy atom. The maximum absolute atomic E-state index is 12.8. The van der Waals surface area contributed by atoms with Gasteiger partial charge >= 0.3 is 17.9 Å². The molecule has 0 aromatic carbocycles. The van der Waals surface area contributed by atoms with Crippen LogP contribution in [0.25, 0.3) is 0 Å². The summed E-state index contributed by atoms with van der Waals surface area (Å²) >= 11 is 0. The molecule has 0 bridgehead atoms. The Labute approximate surface area is 385 Å². The summed E-state index contributed by atoms with van der Waals surface area (Å²) in [4.78, 5) is 38.0. The lowest BCUT2D eigenvalue weighted by Crippen LogP contribution is -2.30. The van der Waals surface area contributed by atoms with Gasteiger partial charge in [0, 0.05) is 19.3 Å². The first-order valence-corrected chi connectivity index (χ1v) is 27.3. The monoisotopic (exact) mass is 873 g/mol. The van der Waals surface area contributed by atoms with Gasteiger partial charge in [-0.25, -0.2) is 0 Å². The largest absolute Gasteiger partial charge is 0.462 e. The van der Waals surface area contributed by atoms with Crippen molar-refractivity contribution >= 4 is 17.9 Å². The van der Waals surface area contributed by atoms with E-state index in [1.165, 1.54) is 186 Å². The van der Waals surface area contributed by atoms with Crippen molar-refractivity contribution in [3.05, 3.63) is 24.3 Å². The number of carbonyl (C=O) groups excluding carboxylic acids is 3. The van der Waals surface area contributed by atoms with E-state index < -0.39 is 6.10 Å². The highest BCUT2D eigenvalue weighted by Crippen LogP contribution is 2.16. The normalized spacial score (nSPS) is 12.1. The predicted octanol–water partition coefficient (Wildman–Crippen LogP) is 17.9. The molecule has 0 N–H and O–H groups in total. The minimum atomic E-state index is -0.774. The summed E-state index contributed by atoms with van der Waals surface area (Å²) in [6, 6.07) is 0. The number of rotatable bonds is 50. The van der Waals surface area contributed by atoms with Crippen molar-refractivity contribution < 1.29 is 28.6 Å². The third kappa shape index (κ3) is 48.9. The van der Waals surface area contributed by atoms with Crippen molar-refractivity contribution in [1.82, 2.24) is 0 Å². The zero-order valence-electron chi connectivity index (χ0n) is 41.7. The first-order chi connectivity index (χ1) is 30.5. The Morgan fingerprint density at radius 1 is 0.306 bits per heavy atom. The van der Waals surface area contributed by atoms with Crippen molar-refractivity contribution in [2.45, 2.75) is 303 Å². The maximum Gasteiger partial charge on any atom is 0.306 e. The van der Waals surface area contributed by atoms with Gasteiger partial charge in [0.15, 0.2) is 6.10 Å². The van der Waals surface area contributed by atoms with Crippen LogP contribution in [0, 0.1) is 0 Å². The van der Waals surface area contributed by atoms with E-state index in [-0.39, 0.29) is 31.1 Å². The number of esters is 3. The second kappa shape index (κ2) is 51.5. The summed E-state index contributed by atoms with van der Waals surface area (Å²) in [5.74, 6) is -0.875. The van der Waals surface area contributed by atoms with Crippen molar-refractivity contribution in [3.8, 4) is 0 Å². The molecule has 0 aliphatic rings. The summed E-state index contributed by atoms with van der Waals surface area (Å²) in [5, 5.41) is 0. The number of unbranched alkanes of at least 4 members (excludes halogenated alkanes) is 35. The van der Waals surface area contributed by atoms with Crippen LogP contribution < -0.4 is 0 Å². The van der Waals surface area contributed by atoms with E-state index in [9.17, 15) is 14.4 Å². The molecule has 0 heterocycles. The van der Waals surface area contributed by atoms with Crippen molar-refractivity contribution in [3.63, 3.8) is 0 Å². The van der Waals surface area contributed by atoms with Gasteiger partial charge in [-0.1, -0.05) is 231 Å². The van der Waals surface area contributed by atoms with Gasteiger partial charge < -0.3 is 14.2 Å². The smallest absolute Gasteiger partial charge is 0.306 e. The molecule has 0 saturated heterocycles. The molecule has 0 saturated carbocycles. The zero-order chi connectivity index (χ0) is 45.1. The molecule has 0 unspecified atom stereocenters. The third-order valence-electron chi connectivity index (χ3n) is 12.2.